The number of pyridine rings is 1. The highest BCUT2D eigenvalue weighted by atomic mass is 19.4. The predicted octanol–water partition coefficient (Wildman–Crippen LogP) is 3.40. The molecule has 1 aromatic rings. The Morgan fingerprint density at radius 3 is 2.40 bits per heavy atom. The van der Waals surface area contributed by atoms with Crippen LogP contribution in [0, 0.1) is 5.41 Å². The molecular formula is C13H17F3N2O2. The lowest BCUT2D eigenvalue weighted by atomic mass is 9.85. The first-order valence-electron chi connectivity index (χ1n) is 6.03. The lowest BCUT2D eigenvalue weighted by Crippen LogP contribution is -2.36. The number of hydrogen-bond acceptors (Lipinski definition) is 3. The highest BCUT2D eigenvalue weighted by Crippen LogP contribution is 2.29. The van der Waals surface area contributed by atoms with Crippen LogP contribution in [0.3, 0.4) is 0 Å². The number of halogens is 3. The van der Waals surface area contributed by atoms with Crippen molar-refractivity contribution < 1.29 is 23.1 Å². The third kappa shape index (κ3) is 4.71. The van der Waals surface area contributed by atoms with Crippen LogP contribution in [0.2, 0.25) is 0 Å². The summed E-state index contributed by atoms with van der Waals surface area (Å²) in [6.07, 6.45) is -4.73. The van der Waals surface area contributed by atoms with E-state index in [0.29, 0.717) is 0 Å². The molecule has 0 bridgehead atoms. The van der Waals surface area contributed by atoms with Crippen molar-refractivity contribution in [3.8, 4) is 0 Å². The third-order valence-corrected chi connectivity index (χ3v) is 2.79. The minimum atomic E-state index is -4.53. The molecule has 0 aromatic carbocycles. The van der Waals surface area contributed by atoms with Crippen LogP contribution in [0.4, 0.5) is 19.0 Å². The number of hydrogen-bond donors (Lipinski definition) is 2. The van der Waals surface area contributed by atoms with Crippen LogP contribution >= 0.6 is 0 Å². The second kappa shape index (κ2) is 5.68. The molecule has 0 saturated heterocycles. The average molecular weight is 290 g/mol. The molecule has 20 heavy (non-hydrogen) atoms. The maximum atomic E-state index is 12.6. The van der Waals surface area contributed by atoms with Crippen LogP contribution in [-0.4, -0.2) is 22.1 Å². The summed E-state index contributed by atoms with van der Waals surface area (Å²) >= 11 is 0. The van der Waals surface area contributed by atoms with Gasteiger partial charge in [-0.05, 0) is 17.5 Å². The van der Waals surface area contributed by atoms with E-state index < -0.39 is 29.3 Å². The fourth-order valence-corrected chi connectivity index (χ4v) is 1.60. The monoisotopic (exact) mass is 290 g/mol. The molecular weight excluding hydrogens is 273 g/mol. The van der Waals surface area contributed by atoms with E-state index in [-0.39, 0.29) is 12.2 Å². The number of rotatable bonds is 4. The fourth-order valence-electron chi connectivity index (χ4n) is 1.60. The van der Waals surface area contributed by atoms with Crippen molar-refractivity contribution in [2.45, 2.75) is 39.4 Å². The maximum absolute atomic E-state index is 12.6. The van der Waals surface area contributed by atoms with E-state index in [4.69, 9.17) is 5.11 Å². The molecule has 1 atom stereocenters. The Bertz CT molecular complexity index is 481. The normalized spacial score (nSPS) is 13.9. The van der Waals surface area contributed by atoms with Crippen LogP contribution in [0.25, 0.3) is 0 Å². The first kappa shape index (κ1) is 16.3. The third-order valence-electron chi connectivity index (χ3n) is 2.79. The highest BCUT2D eigenvalue weighted by molar-refractivity contribution is 5.68. The summed E-state index contributed by atoms with van der Waals surface area (Å²) in [5, 5.41) is 11.6. The molecule has 0 radical (unpaired) electrons. The molecule has 2 N–H and O–H groups in total. The van der Waals surface area contributed by atoms with Gasteiger partial charge in [0.2, 0.25) is 0 Å². The number of anilines is 1. The zero-order chi connectivity index (χ0) is 15.6. The second-order valence-corrected chi connectivity index (χ2v) is 5.57. The molecule has 0 aliphatic heterocycles. The van der Waals surface area contributed by atoms with Crippen molar-refractivity contribution in [3.63, 3.8) is 0 Å². The van der Waals surface area contributed by atoms with E-state index >= 15 is 0 Å². The zero-order valence-electron chi connectivity index (χ0n) is 11.5. The largest absolute Gasteiger partial charge is 0.481 e. The molecule has 0 fully saturated rings. The van der Waals surface area contributed by atoms with Gasteiger partial charge in [-0.15, -0.1) is 0 Å². The van der Waals surface area contributed by atoms with Crippen LogP contribution in [0.15, 0.2) is 18.2 Å². The first-order valence-corrected chi connectivity index (χ1v) is 6.03. The summed E-state index contributed by atoms with van der Waals surface area (Å²) in [5.41, 5.74) is -1.45. The Morgan fingerprint density at radius 1 is 1.35 bits per heavy atom. The van der Waals surface area contributed by atoms with Crippen molar-refractivity contribution in [2.24, 2.45) is 5.41 Å². The summed E-state index contributed by atoms with van der Waals surface area (Å²) in [6, 6.07) is 2.96. The highest BCUT2D eigenvalue weighted by Gasteiger charge is 2.33. The van der Waals surface area contributed by atoms with Gasteiger partial charge in [-0.25, -0.2) is 4.98 Å². The van der Waals surface area contributed by atoms with Gasteiger partial charge in [-0.3, -0.25) is 4.79 Å². The molecule has 0 spiro atoms. The minimum absolute atomic E-state index is 0.0148. The van der Waals surface area contributed by atoms with E-state index in [0.717, 1.165) is 6.07 Å². The molecule has 1 aromatic heterocycles. The number of aliphatic carboxylic acids is 1. The van der Waals surface area contributed by atoms with E-state index in [1.54, 1.807) is 20.8 Å². The van der Waals surface area contributed by atoms with Crippen LogP contribution in [-0.2, 0) is 11.0 Å². The van der Waals surface area contributed by atoms with Crippen molar-refractivity contribution in [1.29, 1.82) is 0 Å². The number of nitrogens with zero attached hydrogens (tertiary/aromatic N) is 1. The van der Waals surface area contributed by atoms with Gasteiger partial charge in [0.15, 0.2) is 0 Å². The summed E-state index contributed by atoms with van der Waals surface area (Å²) < 4.78 is 37.7. The predicted molar refractivity (Wildman–Crippen MR) is 68.4 cm³/mol. The van der Waals surface area contributed by atoms with Crippen LogP contribution in [0.5, 0.6) is 0 Å². The summed E-state index contributed by atoms with van der Waals surface area (Å²) in [6.45, 7) is 5.42. The van der Waals surface area contributed by atoms with Crippen molar-refractivity contribution in [2.75, 3.05) is 5.32 Å². The number of carbonyl (C=O) groups is 1. The standard InChI is InChI=1S/C13H17F3N2O2/c1-12(2,3)9(7-11(19)20)18-10-6-4-5-8(17-10)13(14,15)16/h4-6,9H,7H2,1-3H3,(H,17,18)(H,19,20). The molecule has 0 aliphatic rings. The number of carboxylic acid groups (broad SMARTS) is 1. The minimum Gasteiger partial charge on any atom is -0.481 e. The topological polar surface area (TPSA) is 62.2 Å². The summed E-state index contributed by atoms with van der Waals surface area (Å²) in [4.78, 5) is 14.3. The molecule has 112 valence electrons. The van der Waals surface area contributed by atoms with Crippen molar-refractivity contribution in [3.05, 3.63) is 23.9 Å². The fraction of sp³-hybridized carbons (Fsp3) is 0.538. The van der Waals surface area contributed by atoms with Gasteiger partial charge in [-0.2, -0.15) is 13.2 Å². The Labute approximate surface area is 115 Å². The van der Waals surface area contributed by atoms with Gasteiger partial charge >= 0.3 is 12.1 Å². The van der Waals surface area contributed by atoms with Gasteiger partial charge < -0.3 is 10.4 Å². The Hall–Kier alpha value is -1.79. The average Bonchev–Trinajstić information content (AvgIpc) is 2.25. The lowest BCUT2D eigenvalue weighted by Gasteiger charge is -2.30. The Balaban J connectivity index is 2.97. The smallest absolute Gasteiger partial charge is 0.433 e. The summed E-state index contributed by atoms with van der Waals surface area (Å²) in [5.74, 6) is -1.01. The Kier molecular flexibility index (Phi) is 4.62. The number of carboxylic acids is 1. The van der Waals surface area contributed by atoms with Gasteiger partial charge in [0.25, 0.3) is 0 Å². The SMILES string of the molecule is CC(C)(C)C(CC(=O)O)Nc1cccc(C(F)(F)F)n1. The van der Waals surface area contributed by atoms with Crippen LogP contribution < -0.4 is 5.32 Å². The zero-order valence-corrected chi connectivity index (χ0v) is 11.5. The van der Waals surface area contributed by atoms with Gasteiger partial charge in [0, 0.05) is 6.04 Å². The van der Waals surface area contributed by atoms with Gasteiger partial charge in [0.1, 0.15) is 11.5 Å². The first-order chi connectivity index (χ1) is 9.00. The molecule has 0 saturated carbocycles. The molecule has 1 heterocycles. The van der Waals surface area contributed by atoms with Gasteiger partial charge in [0.05, 0.1) is 6.42 Å². The van der Waals surface area contributed by atoms with E-state index in [1.165, 1.54) is 12.1 Å². The molecule has 4 nitrogen and oxygen atoms in total. The second-order valence-electron chi connectivity index (χ2n) is 5.57. The molecule has 0 aliphatic carbocycles. The van der Waals surface area contributed by atoms with E-state index in [2.05, 4.69) is 10.3 Å². The van der Waals surface area contributed by atoms with Gasteiger partial charge in [-0.1, -0.05) is 26.8 Å². The number of nitrogens with one attached hydrogen (secondary N) is 1. The molecule has 0 amide bonds. The molecule has 1 unspecified atom stereocenters. The van der Waals surface area contributed by atoms with E-state index in [9.17, 15) is 18.0 Å². The van der Waals surface area contributed by atoms with Crippen molar-refractivity contribution in [1.82, 2.24) is 4.98 Å². The quantitative estimate of drug-likeness (QED) is 0.892. The van der Waals surface area contributed by atoms with Crippen LogP contribution in [0.1, 0.15) is 32.9 Å². The molecule has 1 rings (SSSR count). The summed E-state index contributed by atoms with van der Waals surface area (Å²) in [7, 11) is 0. The van der Waals surface area contributed by atoms with E-state index in [1.807, 2.05) is 0 Å². The maximum Gasteiger partial charge on any atom is 0.433 e. The Morgan fingerprint density at radius 2 is 1.95 bits per heavy atom. The number of alkyl halides is 3. The number of aromatic nitrogens is 1. The lowest BCUT2D eigenvalue weighted by molar-refractivity contribution is -0.141. The van der Waals surface area contributed by atoms with Crippen molar-refractivity contribution >= 4 is 11.8 Å². The molecule has 7 heteroatoms.